The molecule has 2 nitrogen and oxygen atoms in total. The van der Waals surface area contributed by atoms with Gasteiger partial charge in [-0.25, -0.2) is 0 Å². The van der Waals surface area contributed by atoms with Gasteiger partial charge >= 0.3 is 0 Å². The molecule has 4 heteroatoms. The van der Waals surface area contributed by atoms with E-state index >= 15 is 0 Å². The highest BCUT2D eigenvalue weighted by Gasteiger charge is 2.19. The summed E-state index contributed by atoms with van der Waals surface area (Å²) in [6, 6.07) is 5.49. The molecule has 0 aromatic heterocycles. The lowest BCUT2D eigenvalue weighted by Crippen LogP contribution is -2.20. The van der Waals surface area contributed by atoms with Crippen molar-refractivity contribution in [1.82, 2.24) is 0 Å². The summed E-state index contributed by atoms with van der Waals surface area (Å²) >= 11 is 9.39. The first-order valence-corrected chi connectivity index (χ1v) is 7.58. The first kappa shape index (κ1) is 14.2. The SMILES string of the molecule is OC(COc1ccc(Br)cc1Cl)CC1CCCC1. The van der Waals surface area contributed by atoms with Gasteiger partial charge in [-0.1, -0.05) is 53.2 Å². The van der Waals surface area contributed by atoms with Crippen molar-refractivity contribution >= 4 is 27.5 Å². The molecule has 1 saturated carbocycles. The first-order valence-electron chi connectivity index (χ1n) is 6.41. The van der Waals surface area contributed by atoms with E-state index in [1.54, 1.807) is 6.07 Å². The quantitative estimate of drug-likeness (QED) is 0.864. The maximum Gasteiger partial charge on any atom is 0.138 e. The third kappa shape index (κ3) is 4.15. The molecule has 1 aliphatic carbocycles. The molecule has 0 saturated heterocycles. The lowest BCUT2D eigenvalue weighted by atomic mass is 10.0. The van der Waals surface area contributed by atoms with Gasteiger partial charge in [0.05, 0.1) is 11.1 Å². The lowest BCUT2D eigenvalue weighted by Gasteiger charge is -2.16. The van der Waals surface area contributed by atoms with Crippen LogP contribution in [0, 0.1) is 5.92 Å². The standard InChI is InChI=1S/C14H18BrClO2/c15-11-5-6-14(13(16)8-11)18-9-12(17)7-10-3-1-2-4-10/h5-6,8,10,12,17H,1-4,7,9H2. The maximum absolute atomic E-state index is 9.94. The Morgan fingerprint density at radius 1 is 1.39 bits per heavy atom. The zero-order valence-electron chi connectivity index (χ0n) is 10.2. The monoisotopic (exact) mass is 332 g/mol. The number of halogens is 2. The summed E-state index contributed by atoms with van der Waals surface area (Å²) in [6.07, 6.45) is 5.54. The molecular weight excluding hydrogens is 316 g/mol. The van der Waals surface area contributed by atoms with Gasteiger partial charge in [0.15, 0.2) is 0 Å². The van der Waals surface area contributed by atoms with Gasteiger partial charge in [-0.15, -0.1) is 0 Å². The highest BCUT2D eigenvalue weighted by atomic mass is 79.9. The Hall–Kier alpha value is -0.250. The fourth-order valence-corrected chi connectivity index (χ4v) is 3.21. The third-order valence-corrected chi connectivity index (χ3v) is 4.19. The van der Waals surface area contributed by atoms with E-state index in [0.717, 1.165) is 10.9 Å². The Morgan fingerprint density at radius 2 is 2.11 bits per heavy atom. The number of ether oxygens (including phenoxy) is 1. The maximum atomic E-state index is 9.94. The molecule has 100 valence electrons. The van der Waals surface area contributed by atoms with Crippen LogP contribution in [0.5, 0.6) is 5.75 Å². The van der Waals surface area contributed by atoms with Crippen molar-refractivity contribution in [2.24, 2.45) is 5.92 Å². The number of hydrogen-bond acceptors (Lipinski definition) is 2. The van der Waals surface area contributed by atoms with E-state index in [-0.39, 0.29) is 0 Å². The number of benzene rings is 1. The minimum atomic E-state index is -0.396. The van der Waals surface area contributed by atoms with E-state index < -0.39 is 6.10 Å². The molecule has 0 heterocycles. The molecule has 2 rings (SSSR count). The Labute approximate surface area is 121 Å². The van der Waals surface area contributed by atoms with Crippen molar-refractivity contribution < 1.29 is 9.84 Å². The van der Waals surface area contributed by atoms with Crippen LogP contribution in [0.15, 0.2) is 22.7 Å². The van der Waals surface area contributed by atoms with Crippen molar-refractivity contribution in [3.63, 3.8) is 0 Å². The van der Waals surface area contributed by atoms with Crippen LogP contribution in [-0.2, 0) is 0 Å². The normalized spacial score (nSPS) is 17.9. The Bertz CT molecular complexity index is 391. The first-order chi connectivity index (χ1) is 8.65. The molecule has 1 N–H and O–H groups in total. The highest BCUT2D eigenvalue weighted by Crippen LogP contribution is 2.30. The highest BCUT2D eigenvalue weighted by molar-refractivity contribution is 9.10. The summed E-state index contributed by atoms with van der Waals surface area (Å²) in [7, 11) is 0. The number of hydrogen-bond donors (Lipinski definition) is 1. The molecule has 0 amide bonds. The molecule has 1 fully saturated rings. The Kier molecular flexibility index (Phi) is 5.34. The van der Waals surface area contributed by atoms with E-state index in [2.05, 4.69) is 15.9 Å². The van der Waals surface area contributed by atoms with Gasteiger partial charge in [0.25, 0.3) is 0 Å². The van der Waals surface area contributed by atoms with E-state index in [4.69, 9.17) is 16.3 Å². The number of aliphatic hydroxyl groups is 1. The average Bonchev–Trinajstić information content (AvgIpc) is 2.80. The molecular formula is C14H18BrClO2. The van der Waals surface area contributed by atoms with Crippen molar-refractivity contribution in [2.75, 3.05) is 6.61 Å². The average molecular weight is 334 g/mol. The van der Waals surface area contributed by atoms with Gasteiger partial charge in [-0.3, -0.25) is 0 Å². The van der Waals surface area contributed by atoms with Gasteiger partial charge in [-0.05, 0) is 30.5 Å². The minimum absolute atomic E-state index is 0.317. The Balaban J connectivity index is 1.79. The molecule has 0 radical (unpaired) electrons. The topological polar surface area (TPSA) is 29.5 Å². The van der Waals surface area contributed by atoms with Crippen molar-refractivity contribution in [2.45, 2.75) is 38.2 Å². The van der Waals surface area contributed by atoms with Crippen molar-refractivity contribution in [3.8, 4) is 5.75 Å². The molecule has 0 spiro atoms. The second-order valence-electron chi connectivity index (χ2n) is 4.93. The fourth-order valence-electron chi connectivity index (χ4n) is 2.48. The van der Waals surface area contributed by atoms with Gasteiger partial charge in [0.1, 0.15) is 12.4 Å². The molecule has 1 atom stereocenters. The van der Waals surface area contributed by atoms with Crippen LogP contribution >= 0.6 is 27.5 Å². The molecule has 1 unspecified atom stereocenters. The van der Waals surface area contributed by atoms with Gasteiger partial charge < -0.3 is 9.84 Å². The second-order valence-corrected chi connectivity index (χ2v) is 6.25. The van der Waals surface area contributed by atoms with E-state index in [1.165, 1.54) is 25.7 Å². The van der Waals surface area contributed by atoms with Crippen LogP contribution < -0.4 is 4.74 Å². The zero-order valence-corrected chi connectivity index (χ0v) is 12.6. The van der Waals surface area contributed by atoms with E-state index in [9.17, 15) is 5.11 Å². The number of rotatable bonds is 5. The predicted octanol–water partition coefficient (Wildman–Crippen LogP) is 4.42. The van der Waals surface area contributed by atoms with Crippen molar-refractivity contribution in [1.29, 1.82) is 0 Å². The van der Waals surface area contributed by atoms with Crippen LogP contribution in [0.25, 0.3) is 0 Å². The van der Waals surface area contributed by atoms with E-state index in [0.29, 0.717) is 23.3 Å². The van der Waals surface area contributed by atoms with Crippen LogP contribution in [0.4, 0.5) is 0 Å². The van der Waals surface area contributed by atoms with Gasteiger partial charge in [0, 0.05) is 4.47 Å². The molecule has 1 aromatic rings. The fraction of sp³-hybridized carbons (Fsp3) is 0.571. The zero-order chi connectivity index (χ0) is 13.0. The third-order valence-electron chi connectivity index (χ3n) is 3.41. The summed E-state index contributed by atoms with van der Waals surface area (Å²) in [5.41, 5.74) is 0. The molecule has 18 heavy (non-hydrogen) atoms. The summed E-state index contributed by atoms with van der Waals surface area (Å²) in [6.45, 7) is 0.317. The molecule has 0 bridgehead atoms. The van der Waals surface area contributed by atoms with Crippen molar-refractivity contribution in [3.05, 3.63) is 27.7 Å². The summed E-state index contributed by atoms with van der Waals surface area (Å²) in [4.78, 5) is 0. The van der Waals surface area contributed by atoms with Crippen LogP contribution in [-0.4, -0.2) is 17.8 Å². The smallest absolute Gasteiger partial charge is 0.138 e. The van der Waals surface area contributed by atoms with Crippen LogP contribution in [0.3, 0.4) is 0 Å². The number of aliphatic hydroxyl groups excluding tert-OH is 1. The minimum Gasteiger partial charge on any atom is -0.489 e. The summed E-state index contributed by atoms with van der Waals surface area (Å²) in [5.74, 6) is 1.30. The molecule has 1 aromatic carbocycles. The predicted molar refractivity (Wildman–Crippen MR) is 77.2 cm³/mol. The van der Waals surface area contributed by atoms with Crippen LogP contribution in [0.1, 0.15) is 32.1 Å². The van der Waals surface area contributed by atoms with Gasteiger partial charge in [-0.2, -0.15) is 0 Å². The second kappa shape index (κ2) is 6.78. The van der Waals surface area contributed by atoms with Crippen LogP contribution in [0.2, 0.25) is 5.02 Å². The molecule has 1 aliphatic rings. The lowest BCUT2D eigenvalue weighted by molar-refractivity contribution is 0.0856. The van der Waals surface area contributed by atoms with E-state index in [1.807, 2.05) is 12.1 Å². The Morgan fingerprint density at radius 3 is 2.78 bits per heavy atom. The summed E-state index contributed by atoms with van der Waals surface area (Å²) in [5, 5.41) is 10.5. The van der Waals surface area contributed by atoms with Gasteiger partial charge in [0.2, 0.25) is 0 Å². The largest absolute Gasteiger partial charge is 0.489 e. The molecule has 0 aliphatic heterocycles. The summed E-state index contributed by atoms with van der Waals surface area (Å²) < 4.78 is 6.48.